The maximum atomic E-state index is 13.5. The number of nitro benzene ring substituents is 1. The second-order valence-corrected chi connectivity index (χ2v) is 5.09. The quantitative estimate of drug-likeness (QED) is 0.647. The van der Waals surface area contributed by atoms with Crippen molar-refractivity contribution in [3.63, 3.8) is 0 Å². The molecule has 0 saturated heterocycles. The molecule has 5 nitrogen and oxygen atoms in total. The van der Waals surface area contributed by atoms with Crippen LogP contribution in [0.1, 0.15) is 5.56 Å². The summed E-state index contributed by atoms with van der Waals surface area (Å²) in [6.45, 7) is 0.426. The average Bonchev–Trinajstić information content (AvgIpc) is 2.46. The number of halogens is 2. The van der Waals surface area contributed by atoms with Crippen LogP contribution in [0.15, 0.2) is 40.9 Å². The first-order chi connectivity index (χ1) is 10.0. The summed E-state index contributed by atoms with van der Waals surface area (Å²) >= 11 is 3.42. The summed E-state index contributed by atoms with van der Waals surface area (Å²) in [4.78, 5) is 9.80. The van der Waals surface area contributed by atoms with E-state index >= 15 is 0 Å². The van der Waals surface area contributed by atoms with Crippen LogP contribution in [0.3, 0.4) is 0 Å². The lowest BCUT2D eigenvalue weighted by atomic mass is 10.2. The molecule has 110 valence electrons. The monoisotopic (exact) mass is 354 g/mol. The Morgan fingerprint density at radius 2 is 2.10 bits per heavy atom. The van der Waals surface area contributed by atoms with Gasteiger partial charge >= 0.3 is 5.69 Å². The topological polar surface area (TPSA) is 64.4 Å². The van der Waals surface area contributed by atoms with E-state index in [1.54, 1.807) is 7.11 Å². The highest BCUT2D eigenvalue weighted by atomic mass is 79.9. The minimum absolute atomic E-state index is 0.426. The predicted octanol–water partition coefficient (Wildman–Crippen LogP) is 4.12. The van der Waals surface area contributed by atoms with Crippen LogP contribution in [0.4, 0.5) is 15.8 Å². The van der Waals surface area contributed by atoms with Gasteiger partial charge in [-0.25, -0.2) is 0 Å². The number of nitrogens with zero attached hydrogens (tertiary/aromatic N) is 1. The third-order valence-electron chi connectivity index (χ3n) is 2.88. The van der Waals surface area contributed by atoms with Crippen molar-refractivity contribution >= 4 is 27.3 Å². The Morgan fingerprint density at radius 1 is 1.33 bits per heavy atom. The standard InChI is InChI=1S/C14H12BrFN2O3/c1-21-11-3-4-12(15)9(6-11)8-17-10-2-5-14(18(19)20)13(16)7-10/h2-7,17H,8H2,1H3. The lowest BCUT2D eigenvalue weighted by Gasteiger charge is -2.10. The van der Waals surface area contributed by atoms with Gasteiger partial charge in [-0.05, 0) is 29.8 Å². The number of nitrogens with one attached hydrogen (secondary N) is 1. The highest BCUT2D eigenvalue weighted by molar-refractivity contribution is 9.10. The molecule has 0 unspecified atom stereocenters. The number of nitro groups is 1. The fraction of sp³-hybridized carbons (Fsp3) is 0.143. The molecule has 21 heavy (non-hydrogen) atoms. The fourth-order valence-corrected chi connectivity index (χ4v) is 2.16. The molecule has 1 N–H and O–H groups in total. The van der Waals surface area contributed by atoms with E-state index in [-0.39, 0.29) is 0 Å². The van der Waals surface area contributed by atoms with Gasteiger partial charge in [-0.15, -0.1) is 0 Å². The Balaban J connectivity index is 2.13. The Hall–Kier alpha value is -2.15. The molecule has 2 aromatic carbocycles. The maximum absolute atomic E-state index is 13.5. The van der Waals surface area contributed by atoms with Crippen LogP contribution in [0.25, 0.3) is 0 Å². The highest BCUT2D eigenvalue weighted by Gasteiger charge is 2.13. The molecular formula is C14H12BrFN2O3. The number of hydrogen-bond acceptors (Lipinski definition) is 4. The Bertz CT molecular complexity index is 679. The van der Waals surface area contributed by atoms with Gasteiger partial charge in [-0.3, -0.25) is 10.1 Å². The van der Waals surface area contributed by atoms with Gasteiger partial charge in [-0.1, -0.05) is 15.9 Å². The molecule has 0 aliphatic heterocycles. The van der Waals surface area contributed by atoms with Gasteiger partial charge in [0.1, 0.15) is 5.75 Å². The van der Waals surface area contributed by atoms with Crippen LogP contribution in [0.2, 0.25) is 0 Å². The first kappa shape index (κ1) is 15.2. The van der Waals surface area contributed by atoms with Crippen LogP contribution in [0, 0.1) is 15.9 Å². The minimum atomic E-state index is -0.866. The maximum Gasteiger partial charge on any atom is 0.304 e. The molecule has 7 heteroatoms. The van der Waals surface area contributed by atoms with E-state index < -0.39 is 16.4 Å². The summed E-state index contributed by atoms with van der Waals surface area (Å²) in [5.74, 6) is -0.153. The smallest absolute Gasteiger partial charge is 0.304 e. The molecule has 0 aliphatic rings. The van der Waals surface area contributed by atoms with Crippen molar-refractivity contribution in [1.29, 1.82) is 0 Å². The zero-order valence-corrected chi connectivity index (χ0v) is 12.7. The van der Waals surface area contributed by atoms with E-state index in [1.165, 1.54) is 6.07 Å². The molecule has 0 atom stereocenters. The summed E-state index contributed by atoms with van der Waals surface area (Å²) in [6, 6.07) is 9.23. The van der Waals surface area contributed by atoms with Crippen molar-refractivity contribution in [2.24, 2.45) is 0 Å². The van der Waals surface area contributed by atoms with Gasteiger partial charge in [0.15, 0.2) is 0 Å². The summed E-state index contributed by atoms with van der Waals surface area (Å²) in [5.41, 5.74) is 0.851. The molecule has 0 saturated carbocycles. The van der Waals surface area contributed by atoms with Gasteiger partial charge in [-0.2, -0.15) is 4.39 Å². The SMILES string of the molecule is COc1ccc(Br)c(CNc2ccc([N+](=O)[O-])c(F)c2)c1. The third kappa shape index (κ3) is 3.69. The molecule has 2 aromatic rings. The van der Waals surface area contributed by atoms with E-state index in [0.717, 1.165) is 22.2 Å². The second kappa shape index (κ2) is 6.53. The summed E-state index contributed by atoms with van der Waals surface area (Å²) < 4.78 is 19.5. The van der Waals surface area contributed by atoms with E-state index in [4.69, 9.17) is 4.74 Å². The Morgan fingerprint density at radius 3 is 2.71 bits per heavy atom. The predicted molar refractivity (Wildman–Crippen MR) is 81.1 cm³/mol. The Labute approximate surface area is 129 Å². The summed E-state index contributed by atoms with van der Waals surface area (Å²) in [7, 11) is 1.58. The van der Waals surface area contributed by atoms with Crippen molar-refractivity contribution in [3.05, 3.63) is 62.4 Å². The normalized spacial score (nSPS) is 10.2. The number of benzene rings is 2. The molecular weight excluding hydrogens is 343 g/mol. The van der Waals surface area contributed by atoms with Crippen LogP contribution >= 0.6 is 15.9 Å². The van der Waals surface area contributed by atoms with E-state index in [1.807, 2.05) is 18.2 Å². The number of hydrogen-bond donors (Lipinski definition) is 1. The van der Waals surface area contributed by atoms with E-state index in [9.17, 15) is 14.5 Å². The molecule has 2 rings (SSSR count). The largest absolute Gasteiger partial charge is 0.497 e. The van der Waals surface area contributed by atoms with Crippen LogP contribution in [-0.4, -0.2) is 12.0 Å². The lowest BCUT2D eigenvalue weighted by molar-refractivity contribution is -0.387. The average molecular weight is 355 g/mol. The van der Waals surface area contributed by atoms with Crippen molar-refractivity contribution in [2.45, 2.75) is 6.54 Å². The van der Waals surface area contributed by atoms with Gasteiger partial charge < -0.3 is 10.1 Å². The molecule has 0 heterocycles. The zero-order valence-electron chi connectivity index (χ0n) is 11.1. The molecule has 0 bridgehead atoms. The van der Waals surface area contributed by atoms with Gasteiger partial charge in [0, 0.05) is 28.8 Å². The molecule has 0 fully saturated rings. The first-order valence-electron chi connectivity index (χ1n) is 6.01. The van der Waals surface area contributed by atoms with Crippen LogP contribution < -0.4 is 10.1 Å². The first-order valence-corrected chi connectivity index (χ1v) is 6.81. The number of anilines is 1. The molecule has 0 aromatic heterocycles. The third-order valence-corrected chi connectivity index (χ3v) is 3.65. The Kier molecular flexibility index (Phi) is 4.74. The van der Waals surface area contributed by atoms with Crippen molar-refractivity contribution in [2.75, 3.05) is 12.4 Å². The number of methoxy groups -OCH3 is 1. The van der Waals surface area contributed by atoms with Crippen LogP contribution in [0.5, 0.6) is 5.75 Å². The van der Waals surface area contributed by atoms with Gasteiger partial charge in [0.2, 0.25) is 5.82 Å². The zero-order chi connectivity index (χ0) is 15.4. The lowest BCUT2D eigenvalue weighted by Crippen LogP contribution is -2.02. The van der Waals surface area contributed by atoms with Gasteiger partial charge in [0.05, 0.1) is 12.0 Å². The summed E-state index contributed by atoms with van der Waals surface area (Å²) in [6.07, 6.45) is 0. The molecule has 0 aliphatic carbocycles. The molecule has 0 amide bonds. The summed E-state index contributed by atoms with van der Waals surface area (Å²) in [5, 5.41) is 13.6. The van der Waals surface area contributed by atoms with Crippen molar-refractivity contribution in [1.82, 2.24) is 0 Å². The molecule has 0 spiro atoms. The molecule has 0 radical (unpaired) electrons. The van der Waals surface area contributed by atoms with Crippen molar-refractivity contribution in [3.8, 4) is 5.75 Å². The van der Waals surface area contributed by atoms with Crippen molar-refractivity contribution < 1.29 is 14.1 Å². The highest BCUT2D eigenvalue weighted by Crippen LogP contribution is 2.25. The second-order valence-electron chi connectivity index (χ2n) is 4.23. The van der Waals surface area contributed by atoms with Gasteiger partial charge in [0.25, 0.3) is 0 Å². The van der Waals surface area contributed by atoms with Crippen LogP contribution in [-0.2, 0) is 6.54 Å². The van der Waals surface area contributed by atoms with E-state index in [0.29, 0.717) is 18.0 Å². The van der Waals surface area contributed by atoms with E-state index in [2.05, 4.69) is 21.2 Å². The fourth-order valence-electron chi connectivity index (χ4n) is 1.78. The number of rotatable bonds is 5. The number of ether oxygens (including phenoxy) is 1. The minimum Gasteiger partial charge on any atom is -0.497 e.